The summed E-state index contributed by atoms with van der Waals surface area (Å²) in [5.74, 6) is -3.14. The second kappa shape index (κ2) is 11.8. The van der Waals surface area contributed by atoms with Crippen molar-refractivity contribution in [1.82, 2.24) is 10.2 Å². The van der Waals surface area contributed by atoms with Gasteiger partial charge in [0.25, 0.3) is 0 Å². The Kier molecular flexibility index (Phi) is 9.66. The molecule has 2 aromatic carbocycles. The van der Waals surface area contributed by atoms with E-state index in [1.165, 1.54) is 11.9 Å². The summed E-state index contributed by atoms with van der Waals surface area (Å²) in [6.07, 6.45) is 0.854. The second-order valence-corrected chi connectivity index (χ2v) is 10.3. The Morgan fingerprint density at radius 3 is 2.24 bits per heavy atom. The van der Waals surface area contributed by atoms with Gasteiger partial charge in [-0.15, -0.1) is 0 Å². The minimum atomic E-state index is -3.84. The standard InChI is InChI=1S/C22H25Cl2F2N3O4S/c1-14(22(31)27-2)28(13-16-17(23)6-4-7-18(16)24)21(30)8-5-11-29(34(3,32)33)15-9-10-19(25)20(26)12-15/h4,6-7,9-10,12,14H,5,8,11,13H2,1-3H3,(H,27,31)/t14-/m0/s1. The Balaban J connectivity index is 2.21. The summed E-state index contributed by atoms with van der Waals surface area (Å²) in [6, 6.07) is 6.76. The lowest BCUT2D eigenvalue weighted by molar-refractivity contribution is -0.140. The number of benzene rings is 2. The fraction of sp³-hybridized carbons (Fsp3) is 0.364. The summed E-state index contributed by atoms with van der Waals surface area (Å²) in [7, 11) is -2.40. The number of carbonyl (C=O) groups is 2. The molecule has 2 rings (SSSR count). The highest BCUT2D eigenvalue weighted by molar-refractivity contribution is 7.92. The van der Waals surface area contributed by atoms with Crippen LogP contribution in [0, 0.1) is 11.6 Å². The van der Waals surface area contributed by atoms with E-state index in [0.717, 1.165) is 28.8 Å². The number of hydrogen-bond donors (Lipinski definition) is 1. The van der Waals surface area contributed by atoms with Crippen molar-refractivity contribution in [2.24, 2.45) is 0 Å². The van der Waals surface area contributed by atoms with Gasteiger partial charge in [0.1, 0.15) is 6.04 Å². The molecular weight excluding hydrogens is 511 g/mol. The SMILES string of the molecule is CNC(=O)[C@H](C)N(Cc1c(Cl)cccc1Cl)C(=O)CCCN(c1ccc(F)c(F)c1)S(C)(=O)=O. The molecule has 0 aliphatic carbocycles. The van der Waals surface area contributed by atoms with Gasteiger partial charge >= 0.3 is 0 Å². The minimum absolute atomic E-state index is 0.0368. The predicted octanol–water partition coefficient (Wildman–Crippen LogP) is 3.98. The van der Waals surface area contributed by atoms with Gasteiger partial charge in [-0.25, -0.2) is 17.2 Å². The van der Waals surface area contributed by atoms with Gasteiger partial charge in [0, 0.05) is 48.2 Å². The minimum Gasteiger partial charge on any atom is -0.357 e. The highest BCUT2D eigenvalue weighted by atomic mass is 35.5. The molecule has 34 heavy (non-hydrogen) atoms. The number of sulfonamides is 1. The zero-order chi connectivity index (χ0) is 25.6. The van der Waals surface area contributed by atoms with Crippen LogP contribution in [-0.4, -0.2) is 51.0 Å². The van der Waals surface area contributed by atoms with E-state index in [0.29, 0.717) is 15.6 Å². The van der Waals surface area contributed by atoms with Crippen LogP contribution < -0.4 is 9.62 Å². The number of anilines is 1. The molecule has 0 saturated heterocycles. The van der Waals surface area contributed by atoms with Gasteiger partial charge in [-0.2, -0.15) is 0 Å². The van der Waals surface area contributed by atoms with Crippen LogP contribution in [0.5, 0.6) is 0 Å². The van der Waals surface area contributed by atoms with Crippen LogP contribution in [0.1, 0.15) is 25.3 Å². The van der Waals surface area contributed by atoms with E-state index in [9.17, 15) is 26.8 Å². The Morgan fingerprint density at radius 2 is 1.71 bits per heavy atom. The summed E-state index contributed by atoms with van der Waals surface area (Å²) in [5.41, 5.74) is 0.404. The largest absolute Gasteiger partial charge is 0.357 e. The number of nitrogens with one attached hydrogen (secondary N) is 1. The lowest BCUT2D eigenvalue weighted by Gasteiger charge is -2.29. The van der Waals surface area contributed by atoms with Crippen LogP contribution in [0.4, 0.5) is 14.5 Å². The third kappa shape index (κ3) is 7.04. The normalized spacial score (nSPS) is 12.2. The molecule has 0 heterocycles. The van der Waals surface area contributed by atoms with Gasteiger partial charge in [0.05, 0.1) is 11.9 Å². The van der Waals surface area contributed by atoms with E-state index < -0.39 is 39.5 Å². The third-order valence-electron chi connectivity index (χ3n) is 5.15. The van der Waals surface area contributed by atoms with Crippen molar-refractivity contribution in [2.45, 2.75) is 32.4 Å². The highest BCUT2D eigenvalue weighted by Gasteiger charge is 2.27. The number of amides is 2. The van der Waals surface area contributed by atoms with E-state index in [4.69, 9.17) is 23.2 Å². The fourth-order valence-corrected chi connectivity index (χ4v) is 4.76. The zero-order valence-electron chi connectivity index (χ0n) is 18.8. The molecule has 0 fully saturated rings. The Hall–Kier alpha value is -2.43. The van der Waals surface area contributed by atoms with E-state index in [1.54, 1.807) is 25.1 Å². The van der Waals surface area contributed by atoms with Gasteiger partial charge in [0.15, 0.2) is 11.6 Å². The quantitative estimate of drug-likeness (QED) is 0.498. The van der Waals surface area contributed by atoms with Crippen molar-refractivity contribution in [2.75, 3.05) is 24.2 Å². The first-order chi connectivity index (χ1) is 15.9. The van der Waals surface area contributed by atoms with Gasteiger partial charge in [0.2, 0.25) is 21.8 Å². The number of carbonyl (C=O) groups excluding carboxylic acids is 2. The molecule has 0 aliphatic heterocycles. The second-order valence-electron chi connectivity index (χ2n) is 7.55. The molecule has 0 radical (unpaired) electrons. The molecule has 0 saturated carbocycles. The average molecular weight is 536 g/mol. The maximum atomic E-state index is 13.6. The lowest BCUT2D eigenvalue weighted by atomic mass is 10.1. The molecular formula is C22H25Cl2F2N3O4S. The van der Waals surface area contributed by atoms with Crippen LogP contribution in [0.25, 0.3) is 0 Å². The number of rotatable bonds is 10. The summed E-state index contributed by atoms with van der Waals surface area (Å²) in [5, 5.41) is 3.15. The van der Waals surface area contributed by atoms with Crippen LogP contribution in [0.3, 0.4) is 0 Å². The Labute approximate surface area is 207 Å². The molecule has 12 heteroatoms. The van der Waals surface area contributed by atoms with Gasteiger partial charge in [-0.1, -0.05) is 29.3 Å². The highest BCUT2D eigenvalue weighted by Crippen LogP contribution is 2.27. The molecule has 0 spiro atoms. The van der Waals surface area contributed by atoms with Gasteiger partial charge in [-0.05, 0) is 37.6 Å². The van der Waals surface area contributed by atoms with Crippen molar-refractivity contribution in [3.8, 4) is 0 Å². The molecule has 0 unspecified atom stereocenters. The number of likely N-dealkylation sites (N-methyl/N-ethyl adjacent to an activating group) is 1. The van der Waals surface area contributed by atoms with Crippen molar-refractivity contribution in [3.63, 3.8) is 0 Å². The molecule has 0 aromatic heterocycles. The molecule has 0 aliphatic rings. The maximum Gasteiger partial charge on any atom is 0.242 e. The monoisotopic (exact) mass is 535 g/mol. The first-order valence-corrected chi connectivity index (χ1v) is 12.8. The molecule has 2 amide bonds. The van der Waals surface area contributed by atoms with Crippen LogP contribution in [-0.2, 0) is 26.2 Å². The van der Waals surface area contributed by atoms with Gasteiger partial charge in [-0.3, -0.25) is 13.9 Å². The van der Waals surface area contributed by atoms with Gasteiger partial charge < -0.3 is 10.2 Å². The van der Waals surface area contributed by atoms with E-state index >= 15 is 0 Å². The lowest BCUT2D eigenvalue weighted by Crippen LogP contribution is -2.47. The predicted molar refractivity (Wildman–Crippen MR) is 128 cm³/mol. The van der Waals surface area contributed by atoms with Crippen molar-refractivity contribution >= 4 is 50.7 Å². The summed E-state index contributed by atoms with van der Waals surface area (Å²) in [4.78, 5) is 26.6. The Morgan fingerprint density at radius 1 is 1.09 bits per heavy atom. The summed E-state index contributed by atoms with van der Waals surface area (Å²) < 4.78 is 52.2. The molecule has 1 N–H and O–H groups in total. The first kappa shape index (κ1) is 27.8. The third-order valence-corrected chi connectivity index (χ3v) is 7.05. The van der Waals surface area contributed by atoms with E-state index in [1.807, 2.05) is 0 Å². The van der Waals surface area contributed by atoms with Crippen molar-refractivity contribution < 1.29 is 26.8 Å². The molecule has 0 bridgehead atoms. The molecule has 7 nitrogen and oxygen atoms in total. The maximum absolute atomic E-state index is 13.6. The molecule has 186 valence electrons. The van der Waals surface area contributed by atoms with E-state index in [-0.39, 0.29) is 31.6 Å². The van der Waals surface area contributed by atoms with Crippen LogP contribution in [0.2, 0.25) is 10.0 Å². The number of hydrogen-bond acceptors (Lipinski definition) is 4. The molecule has 2 aromatic rings. The fourth-order valence-electron chi connectivity index (χ4n) is 3.29. The van der Waals surface area contributed by atoms with E-state index in [2.05, 4.69) is 5.32 Å². The topological polar surface area (TPSA) is 86.8 Å². The zero-order valence-corrected chi connectivity index (χ0v) is 21.1. The average Bonchev–Trinajstić information content (AvgIpc) is 2.76. The van der Waals surface area contributed by atoms with Crippen molar-refractivity contribution in [1.29, 1.82) is 0 Å². The summed E-state index contributed by atoms with van der Waals surface area (Å²) in [6.45, 7) is 1.35. The first-order valence-electron chi connectivity index (χ1n) is 10.2. The van der Waals surface area contributed by atoms with Crippen molar-refractivity contribution in [3.05, 3.63) is 63.6 Å². The molecule has 1 atom stereocenters. The van der Waals surface area contributed by atoms with Crippen LogP contribution in [0.15, 0.2) is 36.4 Å². The smallest absolute Gasteiger partial charge is 0.242 e. The summed E-state index contributed by atoms with van der Waals surface area (Å²) >= 11 is 12.5. The number of nitrogens with zero attached hydrogens (tertiary/aromatic N) is 2. The Bertz CT molecular complexity index is 1140. The van der Waals surface area contributed by atoms with Crippen LogP contribution >= 0.6 is 23.2 Å². The number of halogens is 4.